The van der Waals surface area contributed by atoms with E-state index >= 15 is 0 Å². The molecule has 35 heavy (non-hydrogen) atoms. The minimum atomic E-state index is 0.0398. The van der Waals surface area contributed by atoms with E-state index in [-0.39, 0.29) is 5.91 Å². The highest BCUT2D eigenvalue weighted by atomic mass is 35.5. The minimum absolute atomic E-state index is 0.0398. The second-order valence-corrected chi connectivity index (χ2v) is 9.47. The Morgan fingerprint density at radius 2 is 1.80 bits per heavy atom. The number of methoxy groups -OCH3 is 1. The number of nitrogens with zero attached hydrogens (tertiary/aromatic N) is 5. The molecule has 3 aromatic rings. The first-order chi connectivity index (χ1) is 17.1. The molecule has 0 spiro atoms. The summed E-state index contributed by atoms with van der Waals surface area (Å²) in [6.45, 7) is 4.60. The van der Waals surface area contributed by atoms with Gasteiger partial charge in [0.05, 0.1) is 24.9 Å². The third kappa shape index (κ3) is 5.32. The molecule has 1 amide bonds. The Labute approximate surface area is 211 Å². The average molecular weight is 492 g/mol. The number of ether oxygens (including phenoxy) is 1. The lowest BCUT2D eigenvalue weighted by molar-refractivity contribution is -0.127. The van der Waals surface area contributed by atoms with Crippen LogP contribution in [0.4, 0.5) is 0 Å². The summed E-state index contributed by atoms with van der Waals surface area (Å²) in [7, 11) is 1.78. The van der Waals surface area contributed by atoms with Crippen LogP contribution >= 0.6 is 11.6 Å². The van der Waals surface area contributed by atoms with E-state index in [1.54, 1.807) is 25.6 Å². The summed E-state index contributed by atoms with van der Waals surface area (Å²) in [4.78, 5) is 21.5. The normalized spacial score (nSPS) is 17.1. The van der Waals surface area contributed by atoms with Gasteiger partial charge in [-0.15, -0.1) is 0 Å². The predicted molar refractivity (Wildman–Crippen MR) is 137 cm³/mol. The molecule has 0 atom stereocenters. The third-order valence-corrected chi connectivity index (χ3v) is 7.12. The number of halogens is 1. The predicted octanol–water partition coefficient (Wildman–Crippen LogP) is 4.27. The van der Waals surface area contributed by atoms with Crippen molar-refractivity contribution in [1.29, 1.82) is 0 Å². The second kappa shape index (κ2) is 10.7. The second-order valence-electron chi connectivity index (χ2n) is 9.03. The summed E-state index contributed by atoms with van der Waals surface area (Å²) < 4.78 is 7.48. The van der Waals surface area contributed by atoms with Gasteiger partial charge in [-0.05, 0) is 42.7 Å². The van der Waals surface area contributed by atoms with Crippen molar-refractivity contribution in [2.24, 2.45) is 0 Å². The molecule has 2 aliphatic rings. The number of benzene rings is 1. The van der Waals surface area contributed by atoms with Crippen LogP contribution in [-0.2, 0) is 22.6 Å². The van der Waals surface area contributed by atoms with Crippen LogP contribution in [0.2, 0.25) is 5.02 Å². The highest BCUT2D eigenvalue weighted by Crippen LogP contribution is 2.36. The molecule has 182 valence electrons. The highest BCUT2D eigenvalue weighted by molar-refractivity contribution is 6.30. The van der Waals surface area contributed by atoms with Gasteiger partial charge < -0.3 is 9.64 Å². The Morgan fingerprint density at radius 1 is 1.06 bits per heavy atom. The molecule has 0 unspecified atom stereocenters. The standard InChI is InChI=1S/C27H30ClN5O2/c1-35-23-10-15-31(16-11-23)14-2-3-25(34)32-17-18-33-24(19-32)26(20-8-12-29-13-9-20)27(30-33)21-4-6-22(28)7-5-21/h2-9,12-13,23H,10-11,14-19H2,1H3/b3-2+. The fraction of sp³-hybridized carbons (Fsp3) is 0.370. The first kappa shape index (κ1) is 23.7. The van der Waals surface area contributed by atoms with Gasteiger partial charge in [-0.1, -0.05) is 29.8 Å². The molecule has 0 aliphatic carbocycles. The molecule has 4 heterocycles. The molecular weight excluding hydrogens is 462 g/mol. The summed E-state index contributed by atoms with van der Waals surface area (Å²) in [5.41, 5.74) is 5.01. The molecular formula is C27H30ClN5O2. The number of hydrogen-bond acceptors (Lipinski definition) is 5. The molecule has 1 saturated heterocycles. The first-order valence-corrected chi connectivity index (χ1v) is 12.5. The van der Waals surface area contributed by atoms with Crippen molar-refractivity contribution >= 4 is 17.5 Å². The van der Waals surface area contributed by atoms with E-state index in [2.05, 4.69) is 9.88 Å². The van der Waals surface area contributed by atoms with E-state index in [1.165, 1.54) is 0 Å². The van der Waals surface area contributed by atoms with Gasteiger partial charge in [-0.3, -0.25) is 19.4 Å². The Morgan fingerprint density at radius 3 is 2.51 bits per heavy atom. The van der Waals surface area contributed by atoms with E-state index in [4.69, 9.17) is 21.4 Å². The molecule has 7 nitrogen and oxygen atoms in total. The van der Waals surface area contributed by atoms with E-state index in [1.807, 2.05) is 52.1 Å². The largest absolute Gasteiger partial charge is 0.381 e. The summed E-state index contributed by atoms with van der Waals surface area (Å²) in [5.74, 6) is 0.0398. The summed E-state index contributed by atoms with van der Waals surface area (Å²) in [6, 6.07) is 11.7. The molecule has 0 saturated carbocycles. The number of amides is 1. The Hall–Kier alpha value is -3.00. The maximum Gasteiger partial charge on any atom is 0.246 e. The van der Waals surface area contributed by atoms with Crippen LogP contribution in [0.1, 0.15) is 18.5 Å². The van der Waals surface area contributed by atoms with Gasteiger partial charge in [-0.2, -0.15) is 5.10 Å². The van der Waals surface area contributed by atoms with Crippen LogP contribution < -0.4 is 0 Å². The molecule has 0 radical (unpaired) electrons. The van der Waals surface area contributed by atoms with E-state index in [9.17, 15) is 4.79 Å². The monoisotopic (exact) mass is 491 g/mol. The maximum atomic E-state index is 13.1. The number of likely N-dealkylation sites (tertiary alicyclic amines) is 1. The zero-order valence-corrected chi connectivity index (χ0v) is 20.7. The van der Waals surface area contributed by atoms with E-state index in [0.29, 0.717) is 30.8 Å². The Kier molecular flexibility index (Phi) is 7.27. The number of rotatable bonds is 6. The van der Waals surface area contributed by atoms with Gasteiger partial charge in [0.1, 0.15) is 5.69 Å². The third-order valence-electron chi connectivity index (χ3n) is 6.87. The topological polar surface area (TPSA) is 63.5 Å². The zero-order chi connectivity index (χ0) is 24.2. The summed E-state index contributed by atoms with van der Waals surface area (Å²) >= 11 is 6.12. The lowest BCUT2D eigenvalue weighted by Crippen LogP contribution is -2.38. The molecule has 0 bridgehead atoms. The van der Waals surface area contributed by atoms with Crippen LogP contribution in [0.5, 0.6) is 0 Å². The molecule has 0 N–H and O–H groups in total. The zero-order valence-electron chi connectivity index (χ0n) is 19.9. The fourth-order valence-electron chi connectivity index (χ4n) is 4.87. The number of piperidine rings is 1. The molecule has 1 fully saturated rings. The van der Waals surface area contributed by atoms with Crippen LogP contribution in [0, 0.1) is 0 Å². The van der Waals surface area contributed by atoms with Crippen LogP contribution in [0.15, 0.2) is 60.9 Å². The van der Waals surface area contributed by atoms with Gasteiger partial charge >= 0.3 is 0 Å². The van der Waals surface area contributed by atoms with Crippen LogP contribution in [0.3, 0.4) is 0 Å². The van der Waals surface area contributed by atoms with Crippen molar-refractivity contribution in [1.82, 2.24) is 24.6 Å². The lowest BCUT2D eigenvalue weighted by atomic mass is 9.99. The van der Waals surface area contributed by atoms with Crippen molar-refractivity contribution in [3.63, 3.8) is 0 Å². The number of carbonyl (C=O) groups excluding carboxylic acids is 1. The average Bonchev–Trinajstić information content (AvgIpc) is 3.28. The van der Waals surface area contributed by atoms with Crippen LogP contribution in [-0.4, -0.2) is 69.9 Å². The molecule has 2 aromatic heterocycles. The Bertz CT molecular complexity index is 1180. The smallest absolute Gasteiger partial charge is 0.246 e. The number of aromatic nitrogens is 3. The van der Waals surface area contributed by atoms with Crippen molar-refractivity contribution < 1.29 is 9.53 Å². The number of fused-ring (bicyclic) bond motifs is 1. The molecule has 2 aliphatic heterocycles. The fourth-order valence-corrected chi connectivity index (χ4v) is 5.00. The summed E-state index contributed by atoms with van der Waals surface area (Å²) in [6.07, 6.45) is 9.74. The lowest BCUT2D eigenvalue weighted by Gasteiger charge is -2.30. The van der Waals surface area contributed by atoms with Gasteiger partial charge in [0.2, 0.25) is 5.91 Å². The maximum absolute atomic E-state index is 13.1. The Balaban J connectivity index is 1.34. The molecule has 1 aromatic carbocycles. The van der Waals surface area contributed by atoms with E-state index in [0.717, 1.165) is 60.6 Å². The minimum Gasteiger partial charge on any atom is -0.381 e. The van der Waals surface area contributed by atoms with Gasteiger partial charge in [-0.25, -0.2) is 0 Å². The summed E-state index contributed by atoms with van der Waals surface area (Å²) in [5, 5.41) is 5.63. The SMILES string of the molecule is COC1CCN(C/C=C/C(=O)N2CCn3nc(-c4ccc(Cl)cc4)c(-c4ccncc4)c3C2)CC1. The number of hydrogen-bond donors (Lipinski definition) is 0. The van der Waals surface area contributed by atoms with Crippen LogP contribution in [0.25, 0.3) is 22.4 Å². The van der Waals surface area contributed by atoms with Crippen molar-refractivity contribution in [3.05, 3.63) is 71.7 Å². The number of pyridine rings is 1. The first-order valence-electron chi connectivity index (χ1n) is 12.1. The highest BCUT2D eigenvalue weighted by Gasteiger charge is 2.27. The van der Waals surface area contributed by atoms with Gasteiger partial charge in [0, 0.05) is 67.9 Å². The van der Waals surface area contributed by atoms with E-state index < -0.39 is 0 Å². The number of carbonyl (C=O) groups is 1. The van der Waals surface area contributed by atoms with Crippen molar-refractivity contribution in [2.75, 3.05) is 33.3 Å². The van der Waals surface area contributed by atoms with Gasteiger partial charge in [0.15, 0.2) is 0 Å². The van der Waals surface area contributed by atoms with Crippen molar-refractivity contribution in [2.45, 2.75) is 32.0 Å². The molecule has 5 rings (SSSR count). The van der Waals surface area contributed by atoms with Gasteiger partial charge in [0.25, 0.3) is 0 Å². The van der Waals surface area contributed by atoms with Crippen molar-refractivity contribution in [3.8, 4) is 22.4 Å². The molecule has 8 heteroatoms. The quantitative estimate of drug-likeness (QED) is 0.482.